The molecule has 178 valence electrons. The number of nitrogens with one attached hydrogen (secondary N) is 3. The van der Waals surface area contributed by atoms with Crippen LogP contribution in [0.3, 0.4) is 0 Å². The van der Waals surface area contributed by atoms with E-state index in [2.05, 4.69) is 25.5 Å². The minimum atomic E-state index is -0.339. The summed E-state index contributed by atoms with van der Waals surface area (Å²) in [4.78, 5) is 27.1. The smallest absolute Gasteiger partial charge is 0.325 e. The van der Waals surface area contributed by atoms with E-state index in [4.69, 9.17) is 15.5 Å². The zero-order valence-electron chi connectivity index (χ0n) is 19.1. The number of ether oxygens (including phenoxy) is 1. The predicted octanol–water partition coefficient (Wildman–Crippen LogP) is 3.11. The summed E-state index contributed by atoms with van der Waals surface area (Å²) in [6.45, 7) is 2.14. The van der Waals surface area contributed by atoms with Crippen LogP contribution in [-0.4, -0.2) is 47.0 Å². The molecule has 9 nitrogen and oxygen atoms in total. The van der Waals surface area contributed by atoms with Crippen molar-refractivity contribution in [2.45, 2.75) is 19.0 Å². The molecule has 35 heavy (non-hydrogen) atoms. The summed E-state index contributed by atoms with van der Waals surface area (Å²) in [7, 11) is 1.75. The van der Waals surface area contributed by atoms with E-state index in [1.807, 2.05) is 6.07 Å². The van der Waals surface area contributed by atoms with Crippen LogP contribution in [0, 0.1) is 17.7 Å². The second-order valence-corrected chi connectivity index (χ2v) is 9.64. The summed E-state index contributed by atoms with van der Waals surface area (Å²) in [5, 5.41) is 7.33. The fraction of sp³-hybridized carbons (Fsp3) is 0.320. The van der Waals surface area contributed by atoms with Crippen molar-refractivity contribution in [3.63, 3.8) is 0 Å². The van der Waals surface area contributed by atoms with E-state index in [9.17, 15) is 9.18 Å². The number of anilines is 2. The molecule has 0 bridgehead atoms. The summed E-state index contributed by atoms with van der Waals surface area (Å²) in [6, 6.07) is 8.71. The van der Waals surface area contributed by atoms with Crippen molar-refractivity contribution < 1.29 is 13.9 Å². The maximum atomic E-state index is 14.5. The number of hydrogen-bond donors (Lipinski definition) is 4. The summed E-state index contributed by atoms with van der Waals surface area (Å²) >= 11 is 0. The number of fused-ring (bicyclic) bond motifs is 5. The molecular weight excluding hydrogens is 449 g/mol. The number of nitrogens with two attached hydrogens (primary N) is 1. The molecule has 3 atom stereocenters. The number of nitrogens with zero attached hydrogens (tertiary/aromatic N) is 3. The van der Waals surface area contributed by atoms with E-state index in [0.717, 1.165) is 36.0 Å². The van der Waals surface area contributed by atoms with E-state index in [1.54, 1.807) is 19.2 Å². The predicted molar refractivity (Wildman–Crippen MR) is 130 cm³/mol. The number of carbonyl (C=O) groups is 1. The number of rotatable bonds is 4. The van der Waals surface area contributed by atoms with Crippen molar-refractivity contribution in [1.82, 2.24) is 20.3 Å². The summed E-state index contributed by atoms with van der Waals surface area (Å²) < 4.78 is 20.6. The number of H-pyrrole nitrogens is 1. The highest BCUT2D eigenvalue weighted by atomic mass is 19.1. The molecule has 4 heterocycles. The van der Waals surface area contributed by atoms with Crippen LogP contribution in [-0.2, 0) is 6.54 Å². The van der Waals surface area contributed by atoms with Gasteiger partial charge in [-0.05, 0) is 48.1 Å². The maximum Gasteiger partial charge on any atom is 0.325 e. The minimum Gasteiger partial charge on any atom is -0.424 e. The van der Waals surface area contributed by atoms with Crippen molar-refractivity contribution >= 4 is 39.3 Å². The lowest BCUT2D eigenvalue weighted by Gasteiger charge is -2.36. The highest BCUT2D eigenvalue weighted by Crippen LogP contribution is 2.44. The average Bonchev–Trinajstić information content (AvgIpc) is 3.51. The number of aromatic nitrogens is 3. The molecule has 2 aromatic heterocycles. The van der Waals surface area contributed by atoms with Crippen LogP contribution in [0.5, 0.6) is 11.8 Å². The largest absolute Gasteiger partial charge is 0.424 e. The zero-order chi connectivity index (χ0) is 23.8. The van der Waals surface area contributed by atoms with Crippen LogP contribution >= 0.6 is 0 Å². The average molecular weight is 474 g/mol. The van der Waals surface area contributed by atoms with Crippen molar-refractivity contribution in [1.29, 1.82) is 0 Å². The molecule has 1 saturated carbocycles. The Morgan fingerprint density at radius 3 is 2.91 bits per heavy atom. The Morgan fingerprint density at radius 1 is 1.23 bits per heavy atom. The fourth-order valence-corrected chi connectivity index (χ4v) is 5.79. The molecular formula is C25H24FN7O2. The van der Waals surface area contributed by atoms with Crippen LogP contribution < -0.4 is 26.0 Å². The molecule has 10 heteroatoms. The number of aromatic amines is 1. The van der Waals surface area contributed by atoms with E-state index in [1.165, 1.54) is 12.1 Å². The Bertz CT molecular complexity index is 1530. The topological polar surface area (TPSA) is 121 Å². The third kappa shape index (κ3) is 3.06. The molecule has 1 aliphatic carbocycles. The van der Waals surface area contributed by atoms with Gasteiger partial charge in [0.05, 0.1) is 16.6 Å². The lowest BCUT2D eigenvalue weighted by Crippen LogP contribution is -2.46. The van der Waals surface area contributed by atoms with Crippen molar-refractivity contribution in [3.8, 4) is 11.8 Å². The fourth-order valence-electron chi connectivity index (χ4n) is 5.79. The Morgan fingerprint density at radius 2 is 2.11 bits per heavy atom. The van der Waals surface area contributed by atoms with Gasteiger partial charge in [0, 0.05) is 43.7 Å². The van der Waals surface area contributed by atoms with Gasteiger partial charge in [-0.25, -0.2) is 4.39 Å². The van der Waals surface area contributed by atoms with Gasteiger partial charge < -0.3 is 31.0 Å². The molecule has 4 aromatic rings. The lowest BCUT2D eigenvalue weighted by molar-refractivity contribution is 0.0965. The second-order valence-electron chi connectivity index (χ2n) is 9.64. The van der Waals surface area contributed by atoms with E-state index in [-0.39, 0.29) is 23.8 Å². The minimum absolute atomic E-state index is 0.122. The molecule has 1 amide bonds. The molecule has 3 aliphatic rings. The van der Waals surface area contributed by atoms with E-state index in [0.29, 0.717) is 52.2 Å². The van der Waals surface area contributed by atoms with E-state index < -0.39 is 0 Å². The molecule has 0 radical (unpaired) electrons. The summed E-state index contributed by atoms with van der Waals surface area (Å²) in [5.74, 6) is 1.67. The highest BCUT2D eigenvalue weighted by molar-refractivity contribution is 6.14. The van der Waals surface area contributed by atoms with Gasteiger partial charge in [-0.15, -0.1) is 0 Å². The van der Waals surface area contributed by atoms with Gasteiger partial charge in [0.25, 0.3) is 5.91 Å². The third-order valence-corrected chi connectivity index (χ3v) is 7.65. The Labute approximate surface area is 199 Å². The molecule has 1 saturated heterocycles. The molecule has 2 fully saturated rings. The van der Waals surface area contributed by atoms with Gasteiger partial charge in [0.1, 0.15) is 23.0 Å². The first-order valence-electron chi connectivity index (χ1n) is 11.8. The molecule has 0 spiro atoms. The van der Waals surface area contributed by atoms with Crippen LogP contribution in [0.4, 0.5) is 15.9 Å². The van der Waals surface area contributed by atoms with Crippen LogP contribution in [0.2, 0.25) is 0 Å². The molecule has 2 aromatic carbocycles. The standard InChI is InChI=1S/C25H24FN7O2/c1-28-19-6-13(26)5-16-20-22(30-21(16)19)31-25(32-23(20)33-9-12-4-18(27)17(12)10-33)35-14-3-2-11-8-29-24(34)15(11)7-14/h2-3,5-7,12,17-18,28H,4,8-10,27H2,1H3,(H,29,34)(H,30,31,32)/t12-,17?,18-/m1/s1. The summed E-state index contributed by atoms with van der Waals surface area (Å²) in [5.41, 5.74) is 9.73. The lowest BCUT2D eigenvalue weighted by atomic mass is 9.72. The van der Waals surface area contributed by atoms with Crippen molar-refractivity contribution in [2.75, 3.05) is 30.4 Å². The number of hydrogen-bond acceptors (Lipinski definition) is 7. The number of amides is 1. The Kier molecular flexibility index (Phi) is 4.26. The zero-order valence-corrected chi connectivity index (χ0v) is 19.1. The second kappa shape index (κ2) is 7.29. The Hall–Kier alpha value is -3.92. The van der Waals surface area contributed by atoms with Gasteiger partial charge in [-0.1, -0.05) is 6.07 Å². The molecule has 2 aliphatic heterocycles. The monoisotopic (exact) mass is 473 g/mol. The molecule has 7 rings (SSSR count). The quantitative estimate of drug-likeness (QED) is 0.359. The van der Waals surface area contributed by atoms with Crippen LogP contribution in [0.15, 0.2) is 30.3 Å². The number of benzene rings is 2. The normalized spacial score (nSPS) is 22.8. The molecule has 5 N–H and O–H groups in total. The summed E-state index contributed by atoms with van der Waals surface area (Å²) in [6.07, 6.45) is 1.00. The SMILES string of the molecule is CNc1cc(F)cc2c1[nH]c1nc(Oc3ccc4c(c3)C(=O)NC4)nc(N3CC4[C@H](C[C@H]4N)C3)c12. The van der Waals surface area contributed by atoms with Gasteiger partial charge in [-0.2, -0.15) is 9.97 Å². The first-order valence-corrected chi connectivity index (χ1v) is 11.8. The van der Waals surface area contributed by atoms with E-state index >= 15 is 0 Å². The number of carbonyl (C=O) groups excluding carboxylic acids is 1. The van der Waals surface area contributed by atoms with Crippen molar-refractivity contribution in [2.24, 2.45) is 17.6 Å². The van der Waals surface area contributed by atoms with Gasteiger partial charge in [-0.3, -0.25) is 4.79 Å². The Balaban J connectivity index is 1.38. The van der Waals surface area contributed by atoms with Crippen LogP contribution in [0.1, 0.15) is 22.3 Å². The highest BCUT2D eigenvalue weighted by Gasteiger charge is 2.46. The van der Waals surface area contributed by atoms with Crippen molar-refractivity contribution in [3.05, 3.63) is 47.3 Å². The van der Waals surface area contributed by atoms with Gasteiger partial charge >= 0.3 is 6.01 Å². The van der Waals surface area contributed by atoms with Gasteiger partial charge in [0.15, 0.2) is 0 Å². The maximum absolute atomic E-state index is 14.5. The number of halogens is 1. The van der Waals surface area contributed by atoms with Gasteiger partial charge in [0.2, 0.25) is 0 Å². The molecule has 1 unspecified atom stereocenters. The van der Waals surface area contributed by atoms with Crippen LogP contribution in [0.25, 0.3) is 21.9 Å². The third-order valence-electron chi connectivity index (χ3n) is 7.65. The first-order chi connectivity index (χ1) is 17.0. The first kappa shape index (κ1) is 20.5.